The molecule has 5 atom stereocenters. The Morgan fingerprint density at radius 1 is 0.946 bits per heavy atom. The predicted molar refractivity (Wildman–Crippen MR) is 135 cm³/mol. The first kappa shape index (κ1) is 28.6. The summed E-state index contributed by atoms with van der Waals surface area (Å²) in [7, 11) is 0. The fourth-order valence-corrected chi connectivity index (χ4v) is 3.69. The van der Waals surface area contributed by atoms with E-state index < -0.39 is 30.7 Å². The quantitative estimate of drug-likeness (QED) is 0.212. The smallest absolute Gasteiger partial charge is 0.221 e. The van der Waals surface area contributed by atoms with Gasteiger partial charge in [0.2, 0.25) is 5.91 Å². The highest BCUT2D eigenvalue weighted by Crippen LogP contribution is 2.31. The molecule has 0 aromatic heterocycles. The van der Waals surface area contributed by atoms with Crippen molar-refractivity contribution in [2.45, 2.75) is 63.8 Å². The number of ether oxygens (including phenoxy) is 3. The second-order valence-electron chi connectivity index (χ2n) is 8.92. The van der Waals surface area contributed by atoms with Crippen LogP contribution in [0.25, 0.3) is 0 Å². The van der Waals surface area contributed by atoms with Gasteiger partial charge < -0.3 is 40.0 Å². The fourth-order valence-electron chi connectivity index (χ4n) is 3.69. The molecule has 1 heterocycles. The van der Waals surface area contributed by atoms with E-state index in [0.717, 1.165) is 24.8 Å². The zero-order valence-corrected chi connectivity index (χ0v) is 21.0. The number of aliphatic hydroxyl groups excluding tert-OH is 4. The lowest BCUT2D eigenvalue weighted by Gasteiger charge is -2.38. The fraction of sp³-hybridized carbons (Fsp3) is 0.500. The van der Waals surface area contributed by atoms with Gasteiger partial charge in [0.1, 0.15) is 35.9 Å². The van der Waals surface area contributed by atoms with Gasteiger partial charge >= 0.3 is 0 Å². The molecule has 11 heteroatoms. The summed E-state index contributed by atoms with van der Waals surface area (Å²) in [5.74, 6) is 0.489. The summed E-state index contributed by atoms with van der Waals surface area (Å²) in [5, 5.41) is 50.0. The first-order valence-electron chi connectivity index (χ1n) is 12.2. The SMILES string of the molecule is CC(=O)Nc1ccc(N=Nc2cc(C)ccc2OCCCCCOC[C@H]2O[C@@H](O)[C@H](O)[C@@H](O)[C@H]2O)cc1. The van der Waals surface area contributed by atoms with Crippen LogP contribution in [0.1, 0.15) is 31.7 Å². The summed E-state index contributed by atoms with van der Waals surface area (Å²) >= 11 is 0. The summed E-state index contributed by atoms with van der Waals surface area (Å²) in [4.78, 5) is 11.1. The summed E-state index contributed by atoms with van der Waals surface area (Å²) in [5.41, 5.74) is 2.98. The molecule has 1 aliphatic rings. The van der Waals surface area contributed by atoms with Crippen LogP contribution < -0.4 is 10.1 Å². The van der Waals surface area contributed by atoms with E-state index >= 15 is 0 Å². The number of nitrogens with zero attached hydrogens (tertiary/aromatic N) is 2. The van der Waals surface area contributed by atoms with E-state index in [1.165, 1.54) is 6.92 Å². The number of aliphatic hydroxyl groups is 4. The van der Waals surface area contributed by atoms with Crippen molar-refractivity contribution in [1.29, 1.82) is 0 Å². The maximum atomic E-state index is 11.1. The Morgan fingerprint density at radius 2 is 1.68 bits per heavy atom. The third-order valence-electron chi connectivity index (χ3n) is 5.74. The number of amides is 1. The normalized spacial score (nSPS) is 23.8. The molecule has 37 heavy (non-hydrogen) atoms. The van der Waals surface area contributed by atoms with Gasteiger partial charge in [0.15, 0.2) is 6.29 Å². The van der Waals surface area contributed by atoms with E-state index in [1.54, 1.807) is 24.3 Å². The van der Waals surface area contributed by atoms with Crippen LogP contribution >= 0.6 is 0 Å². The molecule has 2 aromatic carbocycles. The Morgan fingerprint density at radius 3 is 2.41 bits per heavy atom. The minimum absolute atomic E-state index is 0.00773. The van der Waals surface area contributed by atoms with Crippen LogP contribution in [0.15, 0.2) is 52.7 Å². The van der Waals surface area contributed by atoms with E-state index in [0.29, 0.717) is 36.0 Å². The van der Waals surface area contributed by atoms with Gasteiger partial charge in [-0.15, -0.1) is 5.11 Å². The number of unbranched alkanes of at least 4 members (excludes halogenated alkanes) is 2. The molecule has 0 saturated carbocycles. The highest BCUT2D eigenvalue weighted by atomic mass is 16.6. The van der Waals surface area contributed by atoms with Gasteiger partial charge in [0, 0.05) is 19.2 Å². The number of aryl methyl sites for hydroxylation is 1. The summed E-state index contributed by atoms with van der Waals surface area (Å²) in [6.07, 6.45) is -4.50. The van der Waals surface area contributed by atoms with Gasteiger partial charge in [-0.25, -0.2) is 0 Å². The van der Waals surface area contributed by atoms with E-state index in [4.69, 9.17) is 14.2 Å². The Labute approximate surface area is 215 Å². The Kier molecular flexibility index (Phi) is 10.9. The van der Waals surface area contributed by atoms with Crippen LogP contribution in [0.4, 0.5) is 17.1 Å². The van der Waals surface area contributed by atoms with Crippen molar-refractivity contribution in [1.82, 2.24) is 0 Å². The molecule has 202 valence electrons. The molecule has 0 spiro atoms. The molecule has 3 rings (SSSR count). The molecule has 11 nitrogen and oxygen atoms in total. The van der Waals surface area contributed by atoms with Gasteiger partial charge in [-0.05, 0) is 68.1 Å². The van der Waals surface area contributed by atoms with Gasteiger partial charge in [-0.3, -0.25) is 4.79 Å². The average molecular weight is 518 g/mol. The van der Waals surface area contributed by atoms with E-state index in [1.807, 2.05) is 25.1 Å². The molecule has 1 amide bonds. The highest BCUT2D eigenvalue weighted by Gasteiger charge is 2.42. The number of benzene rings is 2. The molecule has 0 bridgehead atoms. The number of rotatable bonds is 12. The lowest BCUT2D eigenvalue weighted by atomic mass is 9.99. The van der Waals surface area contributed by atoms with Crippen molar-refractivity contribution >= 4 is 23.0 Å². The molecule has 0 unspecified atom stereocenters. The molecule has 0 aliphatic carbocycles. The molecular formula is C26H35N3O8. The Bertz CT molecular complexity index is 1030. The van der Waals surface area contributed by atoms with E-state index in [9.17, 15) is 25.2 Å². The van der Waals surface area contributed by atoms with Crippen LogP contribution in [-0.2, 0) is 14.3 Å². The van der Waals surface area contributed by atoms with Gasteiger partial charge in [0.25, 0.3) is 0 Å². The lowest BCUT2D eigenvalue weighted by molar-refractivity contribution is -0.288. The Hall–Kier alpha value is -2.93. The molecule has 5 N–H and O–H groups in total. The lowest BCUT2D eigenvalue weighted by Crippen LogP contribution is -2.58. The van der Waals surface area contributed by atoms with Gasteiger partial charge in [0.05, 0.1) is 18.9 Å². The number of carbonyl (C=O) groups is 1. The van der Waals surface area contributed by atoms with Crippen LogP contribution in [-0.4, -0.2) is 76.9 Å². The summed E-state index contributed by atoms with van der Waals surface area (Å²) in [6, 6.07) is 12.8. The van der Waals surface area contributed by atoms with Crippen LogP contribution in [0.2, 0.25) is 0 Å². The number of azo groups is 1. The molecule has 1 aliphatic heterocycles. The topological polar surface area (TPSA) is 162 Å². The van der Waals surface area contributed by atoms with Crippen LogP contribution in [0, 0.1) is 6.92 Å². The zero-order chi connectivity index (χ0) is 26.8. The minimum atomic E-state index is -1.56. The van der Waals surface area contributed by atoms with Crippen LogP contribution in [0.3, 0.4) is 0 Å². The third kappa shape index (κ3) is 8.85. The second kappa shape index (κ2) is 14.1. The van der Waals surface area contributed by atoms with Crippen molar-refractivity contribution in [3.63, 3.8) is 0 Å². The van der Waals surface area contributed by atoms with Crippen molar-refractivity contribution < 1.29 is 39.4 Å². The Balaban J connectivity index is 1.38. The molecule has 0 radical (unpaired) electrons. The molecule has 1 saturated heterocycles. The van der Waals surface area contributed by atoms with Crippen molar-refractivity contribution in [2.24, 2.45) is 10.2 Å². The van der Waals surface area contributed by atoms with Crippen molar-refractivity contribution in [2.75, 3.05) is 25.1 Å². The van der Waals surface area contributed by atoms with Crippen molar-refractivity contribution in [3.8, 4) is 5.75 Å². The summed E-state index contributed by atoms with van der Waals surface area (Å²) < 4.78 is 16.5. The zero-order valence-electron chi connectivity index (χ0n) is 21.0. The number of hydrogen-bond donors (Lipinski definition) is 5. The first-order chi connectivity index (χ1) is 17.7. The highest BCUT2D eigenvalue weighted by molar-refractivity contribution is 5.88. The average Bonchev–Trinajstić information content (AvgIpc) is 2.87. The third-order valence-corrected chi connectivity index (χ3v) is 5.74. The van der Waals surface area contributed by atoms with Crippen molar-refractivity contribution in [3.05, 3.63) is 48.0 Å². The number of hydrogen-bond acceptors (Lipinski definition) is 10. The monoisotopic (exact) mass is 517 g/mol. The standard InChI is InChI=1S/C26H35N3O8/c1-16-6-11-21(20(14-16)29-28-19-9-7-18(8-10-19)27-17(2)30)36-13-5-3-4-12-35-15-22-23(31)24(32)25(33)26(34)37-22/h6-11,14,22-26,31-34H,3-5,12-13,15H2,1-2H3,(H,27,30)/t22-,23+,24+,25-,26-/m1/s1. The second-order valence-corrected chi connectivity index (χ2v) is 8.92. The van der Waals surface area contributed by atoms with E-state index in [-0.39, 0.29) is 12.5 Å². The molecule has 1 fully saturated rings. The number of carbonyl (C=O) groups excluding carboxylic acids is 1. The van der Waals surface area contributed by atoms with Gasteiger partial charge in [-0.1, -0.05) is 6.07 Å². The maximum absolute atomic E-state index is 11.1. The largest absolute Gasteiger partial charge is 0.491 e. The number of nitrogens with one attached hydrogen (secondary N) is 1. The predicted octanol–water partition coefficient (Wildman–Crippen LogP) is 2.73. The minimum Gasteiger partial charge on any atom is -0.491 e. The van der Waals surface area contributed by atoms with Gasteiger partial charge in [-0.2, -0.15) is 5.11 Å². The summed E-state index contributed by atoms with van der Waals surface area (Å²) in [6.45, 7) is 4.30. The first-order valence-corrected chi connectivity index (χ1v) is 12.2. The molecular weight excluding hydrogens is 482 g/mol. The van der Waals surface area contributed by atoms with Crippen LogP contribution in [0.5, 0.6) is 5.75 Å². The number of anilines is 1. The molecule has 2 aromatic rings. The maximum Gasteiger partial charge on any atom is 0.221 e. The van der Waals surface area contributed by atoms with E-state index in [2.05, 4.69) is 15.5 Å².